The van der Waals surface area contributed by atoms with Gasteiger partial charge in [0.25, 0.3) is 0 Å². The zero-order chi connectivity index (χ0) is 13.5. The Kier molecular flexibility index (Phi) is 13.5. The maximum atomic E-state index is 11.0. The normalized spacial score (nSPS) is 10.3. The van der Waals surface area contributed by atoms with Crippen LogP contribution in [0.3, 0.4) is 0 Å². The molecule has 18 heavy (non-hydrogen) atoms. The Labute approximate surface area is 109 Å². The van der Waals surface area contributed by atoms with Crippen LogP contribution in [0.1, 0.15) is 20.3 Å². The molecule has 6 nitrogen and oxygen atoms in total. The van der Waals surface area contributed by atoms with Crippen molar-refractivity contribution in [2.75, 3.05) is 52.7 Å². The van der Waals surface area contributed by atoms with Gasteiger partial charge in [-0.1, -0.05) is 13.8 Å². The van der Waals surface area contributed by atoms with Gasteiger partial charge in [0.15, 0.2) is 0 Å². The van der Waals surface area contributed by atoms with Crippen molar-refractivity contribution < 1.29 is 19.0 Å². The lowest BCUT2D eigenvalue weighted by atomic mass is 10.5. The molecule has 0 aromatic heterocycles. The molecular weight excluding hydrogens is 236 g/mol. The molecule has 0 bridgehead atoms. The standard InChI is InChI=1S/C12H26N2O4/c1-3-5-14-12(15)18-11-10-17-9-8-16-7-6-13-4-2/h13H,3-11H2,1-2H3,(H,14,15). The molecular formula is C12H26N2O4. The number of hydrogen-bond acceptors (Lipinski definition) is 5. The van der Waals surface area contributed by atoms with Crippen LogP contribution in [0.25, 0.3) is 0 Å². The van der Waals surface area contributed by atoms with Gasteiger partial charge >= 0.3 is 6.09 Å². The number of likely N-dealkylation sites (N-methyl/N-ethyl adjacent to an activating group) is 1. The predicted molar refractivity (Wildman–Crippen MR) is 69.8 cm³/mol. The first-order valence-corrected chi connectivity index (χ1v) is 6.58. The predicted octanol–water partition coefficient (Wildman–Crippen LogP) is 0.765. The van der Waals surface area contributed by atoms with Crippen molar-refractivity contribution >= 4 is 6.09 Å². The van der Waals surface area contributed by atoms with Crippen LogP contribution >= 0.6 is 0 Å². The highest BCUT2D eigenvalue weighted by atomic mass is 16.6. The van der Waals surface area contributed by atoms with Crippen LogP contribution in [0.5, 0.6) is 0 Å². The van der Waals surface area contributed by atoms with Crippen LogP contribution in [0.2, 0.25) is 0 Å². The molecule has 0 saturated carbocycles. The third-order valence-electron chi connectivity index (χ3n) is 2.03. The van der Waals surface area contributed by atoms with Crippen molar-refractivity contribution in [1.82, 2.24) is 10.6 Å². The van der Waals surface area contributed by atoms with Crippen molar-refractivity contribution in [1.29, 1.82) is 0 Å². The molecule has 0 radical (unpaired) electrons. The lowest BCUT2D eigenvalue weighted by Gasteiger charge is -2.07. The molecule has 0 aliphatic heterocycles. The van der Waals surface area contributed by atoms with Gasteiger partial charge in [-0.15, -0.1) is 0 Å². The van der Waals surface area contributed by atoms with Crippen molar-refractivity contribution in [2.24, 2.45) is 0 Å². The second-order valence-electron chi connectivity index (χ2n) is 3.64. The van der Waals surface area contributed by atoms with Crippen LogP contribution in [0.15, 0.2) is 0 Å². The van der Waals surface area contributed by atoms with Gasteiger partial charge in [-0.3, -0.25) is 0 Å². The molecule has 0 aliphatic rings. The molecule has 0 aromatic rings. The molecule has 0 fully saturated rings. The summed E-state index contributed by atoms with van der Waals surface area (Å²) in [5.41, 5.74) is 0. The summed E-state index contributed by atoms with van der Waals surface area (Å²) in [5.74, 6) is 0. The van der Waals surface area contributed by atoms with Crippen molar-refractivity contribution in [3.8, 4) is 0 Å². The molecule has 0 atom stereocenters. The van der Waals surface area contributed by atoms with E-state index in [1.807, 2.05) is 6.92 Å². The topological polar surface area (TPSA) is 68.8 Å². The molecule has 0 aliphatic carbocycles. The van der Waals surface area contributed by atoms with Gasteiger partial charge < -0.3 is 24.8 Å². The van der Waals surface area contributed by atoms with Crippen LogP contribution in [0.4, 0.5) is 4.79 Å². The van der Waals surface area contributed by atoms with E-state index in [2.05, 4.69) is 17.6 Å². The van der Waals surface area contributed by atoms with E-state index >= 15 is 0 Å². The molecule has 6 heteroatoms. The van der Waals surface area contributed by atoms with Gasteiger partial charge in [0.1, 0.15) is 6.61 Å². The summed E-state index contributed by atoms with van der Waals surface area (Å²) in [4.78, 5) is 11.0. The fourth-order valence-corrected chi connectivity index (χ4v) is 1.11. The fourth-order valence-electron chi connectivity index (χ4n) is 1.11. The lowest BCUT2D eigenvalue weighted by molar-refractivity contribution is 0.0290. The second-order valence-corrected chi connectivity index (χ2v) is 3.64. The molecule has 108 valence electrons. The molecule has 1 amide bonds. The minimum Gasteiger partial charge on any atom is -0.447 e. The summed E-state index contributed by atoms with van der Waals surface area (Å²) >= 11 is 0. The average molecular weight is 262 g/mol. The summed E-state index contributed by atoms with van der Waals surface area (Å²) in [6.45, 7) is 8.93. The number of carbonyl (C=O) groups excluding carboxylic acids is 1. The molecule has 0 heterocycles. The van der Waals surface area contributed by atoms with Gasteiger partial charge in [0.05, 0.1) is 26.4 Å². The van der Waals surface area contributed by atoms with E-state index in [1.165, 1.54) is 0 Å². The van der Waals surface area contributed by atoms with E-state index in [-0.39, 0.29) is 12.7 Å². The largest absolute Gasteiger partial charge is 0.447 e. The Balaban J connectivity index is 3.04. The van der Waals surface area contributed by atoms with Crippen LogP contribution in [-0.2, 0) is 14.2 Å². The number of alkyl carbamates (subject to hydrolysis) is 1. The zero-order valence-corrected chi connectivity index (χ0v) is 11.5. The van der Waals surface area contributed by atoms with E-state index in [9.17, 15) is 4.79 Å². The number of nitrogens with one attached hydrogen (secondary N) is 2. The van der Waals surface area contributed by atoms with Crippen LogP contribution in [0, 0.1) is 0 Å². The van der Waals surface area contributed by atoms with Gasteiger partial charge in [-0.05, 0) is 13.0 Å². The summed E-state index contributed by atoms with van der Waals surface area (Å²) in [6, 6.07) is 0. The third-order valence-corrected chi connectivity index (χ3v) is 2.03. The minimum absolute atomic E-state index is 0.271. The van der Waals surface area contributed by atoms with E-state index < -0.39 is 0 Å². The van der Waals surface area contributed by atoms with Gasteiger partial charge in [-0.25, -0.2) is 4.79 Å². The Bertz CT molecular complexity index is 191. The number of carbonyl (C=O) groups is 1. The molecule has 0 aromatic carbocycles. The van der Waals surface area contributed by atoms with E-state index in [0.717, 1.165) is 19.5 Å². The maximum absolute atomic E-state index is 11.0. The molecule has 2 N–H and O–H groups in total. The fraction of sp³-hybridized carbons (Fsp3) is 0.917. The first-order chi connectivity index (χ1) is 8.81. The summed E-state index contributed by atoms with van der Waals surface area (Å²) in [6.07, 6.45) is 0.512. The Morgan fingerprint density at radius 1 is 0.944 bits per heavy atom. The first-order valence-electron chi connectivity index (χ1n) is 6.58. The second kappa shape index (κ2) is 14.2. The maximum Gasteiger partial charge on any atom is 0.407 e. The third kappa shape index (κ3) is 13.2. The summed E-state index contributed by atoms with van der Waals surface area (Å²) < 4.78 is 15.4. The van der Waals surface area contributed by atoms with E-state index in [4.69, 9.17) is 14.2 Å². The smallest absolute Gasteiger partial charge is 0.407 e. The van der Waals surface area contributed by atoms with Crippen molar-refractivity contribution in [2.45, 2.75) is 20.3 Å². The minimum atomic E-state index is -0.387. The van der Waals surface area contributed by atoms with E-state index in [0.29, 0.717) is 33.0 Å². The molecule has 0 unspecified atom stereocenters. The van der Waals surface area contributed by atoms with Crippen LogP contribution in [-0.4, -0.2) is 58.8 Å². The highest BCUT2D eigenvalue weighted by Crippen LogP contribution is 1.83. The highest BCUT2D eigenvalue weighted by molar-refractivity contribution is 5.66. The SMILES string of the molecule is CCCNC(=O)OCCOCCOCCNCC. The van der Waals surface area contributed by atoms with Crippen molar-refractivity contribution in [3.05, 3.63) is 0 Å². The van der Waals surface area contributed by atoms with Crippen LogP contribution < -0.4 is 10.6 Å². The summed E-state index contributed by atoms with van der Waals surface area (Å²) in [7, 11) is 0. The van der Waals surface area contributed by atoms with Gasteiger partial charge in [0.2, 0.25) is 0 Å². The van der Waals surface area contributed by atoms with Gasteiger partial charge in [-0.2, -0.15) is 0 Å². The average Bonchev–Trinajstić information content (AvgIpc) is 2.38. The van der Waals surface area contributed by atoms with Crippen molar-refractivity contribution in [3.63, 3.8) is 0 Å². The van der Waals surface area contributed by atoms with E-state index in [1.54, 1.807) is 0 Å². The molecule has 0 spiro atoms. The summed E-state index contributed by atoms with van der Waals surface area (Å²) in [5, 5.41) is 5.77. The lowest BCUT2D eigenvalue weighted by Crippen LogP contribution is -2.26. The Hall–Kier alpha value is -0.850. The highest BCUT2D eigenvalue weighted by Gasteiger charge is 1.99. The molecule has 0 rings (SSSR count). The number of rotatable bonds is 12. The number of hydrogen-bond donors (Lipinski definition) is 2. The number of amides is 1. The van der Waals surface area contributed by atoms with Gasteiger partial charge in [0, 0.05) is 13.1 Å². The monoisotopic (exact) mass is 262 g/mol. The Morgan fingerprint density at radius 2 is 1.61 bits per heavy atom. The molecule has 0 saturated heterocycles. The zero-order valence-electron chi connectivity index (χ0n) is 11.5. The first kappa shape index (κ1) is 17.2. The number of ether oxygens (including phenoxy) is 3. The Morgan fingerprint density at radius 3 is 2.28 bits per heavy atom. The quantitative estimate of drug-likeness (QED) is 0.508.